The molecule has 0 radical (unpaired) electrons. The number of para-hydroxylation sites is 1. The summed E-state index contributed by atoms with van der Waals surface area (Å²) in [6.45, 7) is 0.0856. The molecule has 0 saturated heterocycles. The number of fused-ring (bicyclic) bond motifs is 1. The van der Waals surface area contributed by atoms with Crippen molar-refractivity contribution in [3.8, 4) is 16.9 Å². The van der Waals surface area contributed by atoms with Gasteiger partial charge in [0.2, 0.25) is 5.91 Å². The second-order valence-corrected chi connectivity index (χ2v) is 6.08. The van der Waals surface area contributed by atoms with Gasteiger partial charge in [-0.1, -0.05) is 12.1 Å². The maximum Gasteiger partial charge on any atom is 0.247 e. The van der Waals surface area contributed by atoms with Gasteiger partial charge >= 0.3 is 0 Å². The molecule has 136 valence electrons. The Kier molecular flexibility index (Phi) is 4.29. The lowest BCUT2D eigenvalue weighted by atomic mass is 10.2. The van der Waals surface area contributed by atoms with Crippen LogP contribution in [0.5, 0.6) is 5.75 Å². The Balaban J connectivity index is 1.49. The maximum atomic E-state index is 12.4. The molecule has 1 amide bonds. The number of anilines is 1. The largest absolute Gasteiger partial charge is 0.495 e. The van der Waals surface area contributed by atoms with Crippen LogP contribution in [0.25, 0.3) is 22.0 Å². The summed E-state index contributed by atoms with van der Waals surface area (Å²) in [5.74, 6) is 1.01. The van der Waals surface area contributed by atoms with Crippen LogP contribution in [0.1, 0.15) is 0 Å². The Bertz CT molecular complexity index is 1110. The van der Waals surface area contributed by atoms with Crippen molar-refractivity contribution in [3.05, 3.63) is 55.1 Å². The fraction of sp³-hybridized carbons (Fsp3) is 0.158. The molecular formula is C19H18N6O2. The number of methoxy groups -OCH3 is 1. The number of nitrogens with one attached hydrogen (secondary N) is 1. The molecule has 3 aromatic heterocycles. The minimum atomic E-state index is -0.197. The molecular weight excluding hydrogens is 344 g/mol. The molecule has 3 heterocycles. The van der Waals surface area contributed by atoms with Crippen LogP contribution in [0.2, 0.25) is 0 Å². The highest BCUT2D eigenvalue weighted by Crippen LogP contribution is 2.23. The molecule has 0 aliphatic carbocycles. The Morgan fingerprint density at radius 1 is 1.19 bits per heavy atom. The van der Waals surface area contributed by atoms with E-state index in [4.69, 9.17) is 4.74 Å². The first-order valence-corrected chi connectivity index (χ1v) is 8.37. The Labute approximate surface area is 155 Å². The van der Waals surface area contributed by atoms with Crippen LogP contribution in [0.4, 0.5) is 5.82 Å². The maximum absolute atomic E-state index is 12.4. The number of amides is 1. The molecule has 0 spiro atoms. The van der Waals surface area contributed by atoms with Crippen molar-refractivity contribution in [1.82, 2.24) is 24.5 Å². The Morgan fingerprint density at radius 3 is 2.89 bits per heavy atom. The van der Waals surface area contributed by atoms with Crippen molar-refractivity contribution in [2.45, 2.75) is 6.54 Å². The molecule has 1 N–H and O–H groups in total. The second kappa shape index (κ2) is 6.91. The first kappa shape index (κ1) is 16.8. The highest BCUT2D eigenvalue weighted by atomic mass is 16.5. The Hall–Kier alpha value is -3.68. The SMILES string of the molecule is COc1cncc(-c2cnn(CC(=O)Nc3nn(C)c4ccccc34)c2)c1. The van der Waals surface area contributed by atoms with Gasteiger partial charge in [0, 0.05) is 36.0 Å². The summed E-state index contributed by atoms with van der Waals surface area (Å²) in [6, 6.07) is 9.62. The second-order valence-electron chi connectivity index (χ2n) is 6.08. The number of benzene rings is 1. The smallest absolute Gasteiger partial charge is 0.247 e. The third-order valence-electron chi connectivity index (χ3n) is 4.24. The number of ether oxygens (including phenoxy) is 1. The molecule has 0 bridgehead atoms. The average Bonchev–Trinajstić information content (AvgIpc) is 3.27. The summed E-state index contributed by atoms with van der Waals surface area (Å²) >= 11 is 0. The normalized spacial score (nSPS) is 10.9. The lowest BCUT2D eigenvalue weighted by Gasteiger charge is -2.03. The standard InChI is InChI=1S/C19H18N6O2/c1-24-17-6-4-3-5-16(17)19(23-24)22-18(26)12-25-11-14(9-21-25)13-7-15(27-2)10-20-8-13/h3-11H,12H2,1-2H3,(H,22,23,26). The minimum Gasteiger partial charge on any atom is -0.495 e. The molecule has 8 heteroatoms. The van der Waals surface area contributed by atoms with Gasteiger partial charge in [0.1, 0.15) is 12.3 Å². The first-order valence-electron chi connectivity index (χ1n) is 8.37. The van der Waals surface area contributed by atoms with E-state index in [1.165, 1.54) is 0 Å². The number of hydrogen-bond donors (Lipinski definition) is 1. The van der Waals surface area contributed by atoms with Crippen molar-refractivity contribution in [2.24, 2.45) is 7.05 Å². The minimum absolute atomic E-state index is 0.0856. The van der Waals surface area contributed by atoms with Gasteiger partial charge < -0.3 is 10.1 Å². The van der Waals surface area contributed by atoms with Gasteiger partial charge in [-0.25, -0.2) is 0 Å². The summed E-state index contributed by atoms with van der Waals surface area (Å²) in [5, 5.41) is 12.4. The topological polar surface area (TPSA) is 86.9 Å². The number of nitrogens with zero attached hydrogens (tertiary/aromatic N) is 5. The van der Waals surface area contributed by atoms with E-state index in [1.54, 1.807) is 41.3 Å². The number of pyridine rings is 1. The summed E-state index contributed by atoms with van der Waals surface area (Å²) in [4.78, 5) is 16.6. The highest BCUT2D eigenvalue weighted by Gasteiger charge is 2.12. The predicted molar refractivity (Wildman–Crippen MR) is 101 cm³/mol. The summed E-state index contributed by atoms with van der Waals surface area (Å²) in [7, 11) is 3.44. The molecule has 0 aliphatic heterocycles. The number of aromatic nitrogens is 5. The van der Waals surface area contributed by atoms with Crippen molar-refractivity contribution in [3.63, 3.8) is 0 Å². The number of rotatable bonds is 5. The molecule has 0 fully saturated rings. The molecule has 8 nitrogen and oxygen atoms in total. The van der Waals surface area contributed by atoms with Gasteiger partial charge in [-0.15, -0.1) is 0 Å². The van der Waals surface area contributed by atoms with Crippen molar-refractivity contribution < 1.29 is 9.53 Å². The summed E-state index contributed by atoms with van der Waals surface area (Å²) < 4.78 is 8.51. The van der Waals surface area contributed by atoms with Gasteiger partial charge in [0.05, 0.1) is 25.0 Å². The van der Waals surface area contributed by atoms with E-state index in [1.807, 2.05) is 37.4 Å². The van der Waals surface area contributed by atoms with Crippen LogP contribution in [0, 0.1) is 0 Å². The van der Waals surface area contributed by atoms with Crippen LogP contribution in [-0.4, -0.2) is 37.6 Å². The van der Waals surface area contributed by atoms with Crippen molar-refractivity contribution >= 4 is 22.6 Å². The monoisotopic (exact) mass is 362 g/mol. The first-order chi connectivity index (χ1) is 13.1. The fourth-order valence-corrected chi connectivity index (χ4v) is 2.91. The highest BCUT2D eigenvalue weighted by molar-refractivity contribution is 5.99. The molecule has 0 aliphatic rings. The van der Waals surface area contributed by atoms with Gasteiger partial charge in [0.15, 0.2) is 5.82 Å². The van der Waals surface area contributed by atoms with Crippen LogP contribution in [0.3, 0.4) is 0 Å². The van der Waals surface area contributed by atoms with E-state index in [9.17, 15) is 4.79 Å². The van der Waals surface area contributed by atoms with Crippen molar-refractivity contribution in [1.29, 1.82) is 0 Å². The van der Waals surface area contributed by atoms with Crippen LogP contribution in [-0.2, 0) is 18.4 Å². The number of hydrogen-bond acceptors (Lipinski definition) is 5. The van der Waals surface area contributed by atoms with Crippen LogP contribution >= 0.6 is 0 Å². The molecule has 27 heavy (non-hydrogen) atoms. The van der Waals surface area contributed by atoms with E-state index in [-0.39, 0.29) is 12.5 Å². The Morgan fingerprint density at radius 2 is 2.04 bits per heavy atom. The zero-order valence-corrected chi connectivity index (χ0v) is 15.0. The van der Waals surface area contributed by atoms with E-state index < -0.39 is 0 Å². The summed E-state index contributed by atoms with van der Waals surface area (Å²) in [6.07, 6.45) is 6.86. The molecule has 0 saturated carbocycles. The molecule has 4 aromatic rings. The lowest BCUT2D eigenvalue weighted by molar-refractivity contribution is -0.116. The third-order valence-corrected chi connectivity index (χ3v) is 4.24. The number of aryl methyl sites for hydroxylation is 1. The third kappa shape index (κ3) is 3.37. The number of carbonyl (C=O) groups excluding carboxylic acids is 1. The fourth-order valence-electron chi connectivity index (χ4n) is 2.91. The van der Waals surface area contributed by atoms with Gasteiger partial charge in [-0.2, -0.15) is 10.2 Å². The van der Waals surface area contributed by atoms with Gasteiger partial charge in [-0.3, -0.25) is 19.1 Å². The number of carbonyl (C=O) groups is 1. The van der Waals surface area contributed by atoms with E-state index in [0.717, 1.165) is 22.0 Å². The van der Waals surface area contributed by atoms with Gasteiger partial charge in [0.25, 0.3) is 0 Å². The van der Waals surface area contributed by atoms with E-state index in [0.29, 0.717) is 11.6 Å². The molecule has 0 atom stereocenters. The molecule has 4 rings (SSSR count). The molecule has 1 aromatic carbocycles. The van der Waals surface area contributed by atoms with E-state index >= 15 is 0 Å². The molecule has 0 unspecified atom stereocenters. The van der Waals surface area contributed by atoms with Crippen LogP contribution < -0.4 is 10.1 Å². The quantitative estimate of drug-likeness (QED) is 0.589. The van der Waals surface area contributed by atoms with Crippen LogP contribution in [0.15, 0.2) is 55.1 Å². The summed E-state index contributed by atoms with van der Waals surface area (Å²) in [5.41, 5.74) is 2.69. The predicted octanol–water partition coefficient (Wildman–Crippen LogP) is 2.48. The average molecular weight is 362 g/mol. The zero-order valence-electron chi connectivity index (χ0n) is 15.0. The van der Waals surface area contributed by atoms with E-state index in [2.05, 4.69) is 20.5 Å². The lowest BCUT2D eigenvalue weighted by Crippen LogP contribution is -2.19. The zero-order chi connectivity index (χ0) is 18.8. The van der Waals surface area contributed by atoms with Gasteiger partial charge in [-0.05, 0) is 18.2 Å². The van der Waals surface area contributed by atoms with Crippen molar-refractivity contribution in [2.75, 3.05) is 12.4 Å².